The van der Waals surface area contributed by atoms with Gasteiger partial charge in [0.05, 0.1) is 58.0 Å². The molecule has 6 aliphatic heterocycles. The van der Waals surface area contributed by atoms with Gasteiger partial charge in [-0.25, -0.2) is 0 Å². The van der Waals surface area contributed by atoms with E-state index in [-0.39, 0.29) is 60.1 Å². The quantitative estimate of drug-likeness (QED) is 0.0567. The molecule has 9 fully saturated rings. The molecule has 3 saturated carbocycles. The van der Waals surface area contributed by atoms with Crippen molar-refractivity contribution in [2.24, 2.45) is 46.3 Å². The van der Waals surface area contributed by atoms with Gasteiger partial charge >= 0.3 is 0 Å². The number of aliphatic hydroxyl groups excluding tert-OH is 17. The van der Waals surface area contributed by atoms with Crippen LogP contribution in [0.2, 0.25) is 0 Å². The number of aliphatic hydroxyl groups is 18. The summed E-state index contributed by atoms with van der Waals surface area (Å²) in [6.07, 6.45) is -36.9. The molecule has 0 aromatic heterocycles. The molecule has 29 heteroatoms. The number of ether oxygens (including phenoxy) is 11. The summed E-state index contributed by atoms with van der Waals surface area (Å²) in [5, 5.41) is 194. The summed E-state index contributed by atoms with van der Waals surface area (Å²) in [5.74, 6) is -0.960. The summed E-state index contributed by atoms with van der Waals surface area (Å²) < 4.78 is 65.4. The van der Waals surface area contributed by atoms with E-state index in [4.69, 9.17) is 52.1 Å². The Balaban J connectivity index is 0.783. The molecule has 85 heavy (non-hydrogen) atoms. The van der Waals surface area contributed by atoms with Crippen molar-refractivity contribution in [2.75, 3.05) is 39.6 Å². The van der Waals surface area contributed by atoms with Crippen molar-refractivity contribution in [2.45, 2.75) is 251 Å². The van der Waals surface area contributed by atoms with Crippen LogP contribution in [0.3, 0.4) is 0 Å². The Morgan fingerprint density at radius 2 is 1.14 bits per heavy atom. The van der Waals surface area contributed by atoms with Crippen LogP contribution in [0.25, 0.3) is 0 Å². The largest absolute Gasteiger partial charge is 0.394 e. The second kappa shape index (κ2) is 26.3. The number of hydrogen-bond donors (Lipinski definition) is 18. The smallest absolute Gasteiger partial charge is 0.187 e. The average Bonchev–Trinajstić information content (AvgIpc) is 1.73. The molecule has 18 N–H and O–H groups in total. The molecule has 36 atom stereocenters. The van der Waals surface area contributed by atoms with Gasteiger partial charge < -0.3 is 144 Å². The third kappa shape index (κ3) is 12.2. The zero-order chi connectivity index (χ0) is 61.5. The molecule has 0 radical (unpaired) electrons. The molecule has 4 aliphatic carbocycles. The molecule has 490 valence electrons. The summed E-state index contributed by atoms with van der Waals surface area (Å²) in [6.45, 7) is 4.77. The van der Waals surface area contributed by atoms with Gasteiger partial charge in [0, 0.05) is 12.3 Å². The zero-order valence-corrected chi connectivity index (χ0v) is 48.1. The molecule has 6 heterocycles. The maximum absolute atomic E-state index is 12.1. The van der Waals surface area contributed by atoms with Crippen LogP contribution in [0.1, 0.15) is 79.1 Å². The van der Waals surface area contributed by atoms with Crippen LogP contribution in [-0.2, 0) is 52.1 Å². The van der Waals surface area contributed by atoms with E-state index in [9.17, 15) is 91.9 Å². The summed E-state index contributed by atoms with van der Waals surface area (Å²) in [7, 11) is 0. The number of allylic oxidation sites excluding steroid dienone is 1. The Bertz CT molecular complexity index is 2240. The lowest BCUT2D eigenvalue weighted by molar-refractivity contribution is -0.404. The normalized spacial score (nSPS) is 54.8. The van der Waals surface area contributed by atoms with Crippen LogP contribution in [-0.4, -0.2) is 303 Å². The third-order valence-electron chi connectivity index (χ3n) is 21.3. The molecule has 10 aliphatic rings. The van der Waals surface area contributed by atoms with Gasteiger partial charge in [0.1, 0.15) is 116 Å². The van der Waals surface area contributed by atoms with Crippen molar-refractivity contribution in [3.63, 3.8) is 0 Å². The second-order valence-electron chi connectivity index (χ2n) is 26.4. The van der Waals surface area contributed by atoms with E-state index in [1.807, 2.05) is 6.92 Å². The predicted octanol–water partition coefficient (Wildman–Crippen LogP) is -6.60. The lowest BCUT2D eigenvalue weighted by Crippen LogP contribution is -2.68. The minimum Gasteiger partial charge on any atom is -0.394 e. The summed E-state index contributed by atoms with van der Waals surface area (Å²) >= 11 is 0. The third-order valence-corrected chi connectivity index (χ3v) is 21.3. The van der Waals surface area contributed by atoms with Gasteiger partial charge in [-0.05, 0) is 85.4 Å². The first-order valence-corrected chi connectivity index (χ1v) is 30.1. The lowest BCUT2D eigenvalue weighted by Gasteiger charge is -2.59. The van der Waals surface area contributed by atoms with Crippen molar-refractivity contribution in [3.05, 3.63) is 11.6 Å². The summed E-state index contributed by atoms with van der Waals surface area (Å²) in [5.41, 5.74) is 0.462. The van der Waals surface area contributed by atoms with Gasteiger partial charge in [-0.15, -0.1) is 0 Å². The standard InChI is InChI=1S/C56H92O29/c1-20(18-75-49-43(71)39(67)36(64)30(14-57)78-49)7-10-56(74)21(2)34-29(85-56)12-25-23-6-5-22-11-28(26(61)13-55(22,4)24(23)8-9-54(25,34)3)77-51-45(73)41(69)46(33(17-60)81-51)82-53-48(84-52-44(72)40(68)37(65)31(15-58)79-52)47(38(66)32(16-59)80-53)83-50-42(70)35(63)27(62)19-76-50/h5,20-21,23-53,57-74H,6-19H2,1-4H3/t20-,21+,23-,24+,25+,26-,27-,28-,29+,30-,31-,32-,33-,34+,35+,36-,37-,38-,39+,40+,41-,42-,43-,44-,45-,46+,47+,48-,49-,50+,51-,52+,53+,54+,55+,56-/m1/s1. The van der Waals surface area contributed by atoms with Crippen LogP contribution in [0.4, 0.5) is 0 Å². The monoisotopic (exact) mass is 1230 g/mol. The fourth-order valence-electron chi connectivity index (χ4n) is 16.3. The van der Waals surface area contributed by atoms with Crippen LogP contribution in [0.5, 0.6) is 0 Å². The minimum absolute atomic E-state index is 0.0728. The molecule has 0 spiro atoms. The first-order chi connectivity index (χ1) is 40.2. The fourth-order valence-corrected chi connectivity index (χ4v) is 16.3. The van der Waals surface area contributed by atoms with E-state index in [1.54, 1.807) is 0 Å². The molecular weight excluding hydrogens is 1140 g/mol. The maximum atomic E-state index is 12.1. The SMILES string of the molecule is C[C@H](CC[C@@]1(O)O[C@H]2C[C@H]3[C@@H]4CC=C5C[C@@H](O[C@@H]6O[C@H](CO)[C@H](O[C@@H]7O[C@H](CO)[C@@H](O)[C@H](O[C@@H]8OC[C@@H](O)[C@H](O)[C@H]8O)[C@H]7O[C@@H]7O[C@H](CO)[C@@H](O)[C@H](O)[C@H]7O)[C@H](O)[C@H]6O)[C@H](O)C[C@]5(C)[C@H]4CC[C@]3(C)[C@H]2[C@@H]1C)CO[C@@H]1O[C@H](CO)[C@@H](O)[C@H](O)[C@H]1O. The Morgan fingerprint density at radius 3 is 1.80 bits per heavy atom. The van der Waals surface area contributed by atoms with Crippen molar-refractivity contribution < 1.29 is 144 Å². The Morgan fingerprint density at radius 1 is 0.588 bits per heavy atom. The van der Waals surface area contributed by atoms with Gasteiger partial charge in [-0.3, -0.25) is 0 Å². The first-order valence-electron chi connectivity index (χ1n) is 30.1. The van der Waals surface area contributed by atoms with E-state index >= 15 is 0 Å². The molecule has 10 rings (SSSR count). The average molecular weight is 1230 g/mol. The van der Waals surface area contributed by atoms with Crippen molar-refractivity contribution >= 4 is 0 Å². The topological polar surface area (TPSA) is 466 Å². The lowest BCUT2D eigenvalue weighted by atomic mass is 9.46. The summed E-state index contributed by atoms with van der Waals surface area (Å²) in [4.78, 5) is 0. The van der Waals surface area contributed by atoms with Gasteiger partial charge in [-0.1, -0.05) is 39.3 Å². The Labute approximate surface area is 491 Å². The molecule has 6 saturated heterocycles. The molecule has 0 unspecified atom stereocenters. The van der Waals surface area contributed by atoms with Crippen molar-refractivity contribution in [3.8, 4) is 0 Å². The van der Waals surface area contributed by atoms with Crippen molar-refractivity contribution in [1.29, 1.82) is 0 Å². The number of fused-ring (bicyclic) bond motifs is 7. The number of hydrogen-bond acceptors (Lipinski definition) is 29. The van der Waals surface area contributed by atoms with Gasteiger partial charge in [0.15, 0.2) is 37.2 Å². The highest BCUT2D eigenvalue weighted by molar-refractivity contribution is 5.27. The highest BCUT2D eigenvalue weighted by Crippen LogP contribution is 2.70. The fraction of sp³-hybridized carbons (Fsp3) is 0.964. The molecule has 0 aromatic rings. The highest BCUT2D eigenvalue weighted by atomic mass is 16.8. The summed E-state index contributed by atoms with van der Waals surface area (Å²) in [6, 6.07) is 0. The van der Waals surface area contributed by atoms with E-state index in [0.29, 0.717) is 19.3 Å². The minimum atomic E-state index is -2.05. The van der Waals surface area contributed by atoms with Crippen molar-refractivity contribution in [1.82, 2.24) is 0 Å². The number of rotatable bonds is 18. The van der Waals surface area contributed by atoms with Crippen LogP contribution in [0.15, 0.2) is 11.6 Å². The molecule has 0 aromatic carbocycles. The Hall–Kier alpha value is -1.42. The van der Waals surface area contributed by atoms with E-state index < -0.39 is 204 Å². The van der Waals surface area contributed by atoms with Gasteiger partial charge in [0.2, 0.25) is 0 Å². The molecule has 0 amide bonds. The maximum Gasteiger partial charge on any atom is 0.187 e. The van der Waals surface area contributed by atoms with Gasteiger partial charge in [-0.2, -0.15) is 0 Å². The van der Waals surface area contributed by atoms with Crippen LogP contribution < -0.4 is 0 Å². The Kier molecular flexibility index (Phi) is 20.6. The first kappa shape index (κ1) is 66.5. The van der Waals surface area contributed by atoms with Crippen LogP contribution >= 0.6 is 0 Å². The second-order valence-corrected chi connectivity index (χ2v) is 26.4. The highest BCUT2D eigenvalue weighted by Gasteiger charge is 2.68. The van der Waals surface area contributed by atoms with E-state index in [1.165, 1.54) is 0 Å². The predicted molar refractivity (Wildman–Crippen MR) is 280 cm³/mol. The van der Waals surface area contributed by atoms with Gasteiger partial charge in [0.25, 0.3) is 0 Å². The molecule has 0 bridgehead atoms. The molecular formula is C56H92O29. The zero-order valence-electron chi connectivity index (χ0n) is 48.1. The van der Waals surface area contributed by atoms with E-state index in [0.717, 1.165) is 31.3 Å². The van der Waals surface area contributed by atoms with Crippen LogP contribution in [0, 0.1) is 46.3 Å². The van der Waals surface area contributed by atoms with E-state index in [2.05, 4.69) is 26.8 Å². The molecule has 29 nitrogen and oxygen atoms in total.